The van der Waals surface area contributed by atoms with Crippen LogP contribution < -0.4 is 0 Å². The van der Waals surface area contributed by atoms with Gasteiger partial charge in [-0.2, -0.15) is 0 Å². The van der Waals surface area contributed by atoms with Gasteiger partial charge in [0.15, 0.2) is 0 Å². The SMILES string of the molecule is O=C(O)C1C=CC2=Cc3ccccc3C=CN21. The average Bonchev–Trinajstić information content (AvgIpc) is 2.63. The molecule has 1 aromatic carbocycles. The Bertz CT molecular complexity index is 569. The molecule has 0 saturated heterocycles. The number of allylic oxidation sites excluding steroid dienone is 1. The molecule has 2 aliphatic heterocycles. The van der Waals surface area contributed by atoms with Gasteiger partial charge in [-0.3, -0.25) is 0 Å². The van der Waals surface area contributed by atoms with Gasteiger partial charge in [-0.15, -0.1) is 0 Å². The second-order valence-corrected chi connectivity index (χ2v) is 4.06. The Balaban J connectivity index is 2.09. The lowest BCUT2D eigenvalue weighted by atomic mass is 10.1. The fourth-order valence-corrected chi connectivity index (χ4v) is 2.15. The summed E-state index contributed by atoms with van der Waals surface area (Å²) in [6.07, 6.45) is 9.34. The summed E-state index contributed by atoms with van der Waals surface area (Å²) in [5.41, 5.74) is 3.13. The van der Waals surface area contributed by atoms with Crippen molar-refractivity contribution in [2.24, 2.45) is 0 Å². The number of fused-ring (bicyclic) bond motifs is 2. The maximum absolute atomic E-state index is 11.1. The number of aliphatic carboxylic acids is 1. The van der Waals surface area contributed by atoms with Crippen LogP contribution in [0.2, 0.25) is 0 Å². The van der Waals surface area contributed by atoms with E-state index in [0.29, 0.717) is 0 Å². The van der Waals surface area contributed by atoms with Gasteiger partial charge in [-0.25, -0.2) is 4.79 Å². The summed E-state index contributed by atoms with van der Waals surface area (Å²) in [7, 11) is 0. The van der Waals surface area contributed by atoms with Gasteiger partial charge in [0.2, 0.25) is 0 Å². The van der Waals surface area contributed by atoms with Crippen LogP contribution in [0.3, 0.4) is 0 Å². The van der Waals surface area contributed by atoms with E-state index in [2.05, 4.69) is 0 Å². The van der Waals surface area contributed by atoms with Crippen molar-refractivity contribution in [2.45, 2.75) is 6.04 Å². The average molecular weight is 225 g/mol. The number of nitrogens with zero attached hydrogens (tertiary/aromatic N) is 1. The van der Waals surface area contributed by atoms with Gasteiger partial charge >= 0.3 is 5.97 Å². The minimum absolute atomic E-state index is 0.591. The number of carbonyl (C=O) groups is 1. The summed E-state index contributed by atoms with van der Waals surface area (Å²) in [5, 5.41) is 9.11. The van der Waals surface area contributed by atoms with E-state index >= 15 is 0 Å². The first kappa shape index (κ1) is 9.90. The molecule has 1 unspecified atom stereocenters. The van der Waals surface area contributed by atoms with Crippen LogP contribution in [0, 0.1) is 0 Å². The molecule has 1 N–H and O–H groups in total. The first-order valence-corrected chi connectivity index (χ1v) is 5.44. The molecule has 3 nitrogen and oxygen atoms in total. The van der Waals surface area contributed by atoms with Crippen molar-refractivity contribution in [3.63, 3.8) is 0 Å². The molecule has 17 heavy (non-hydrogen) atoms. The van der Waals surface area contributed by atoms with E-state index in [0.717, 1.165) is 16.8 Å². The highest BCUT2D eigenvalue weighted by Crippen LogP contribution is 2.28. The Morgan fingerprint density at radius 2 is 1.94 bits per heavy atom. The fourth-order valence-electron chi connectivity index (χ4n) is 2.15. The summed E-state index contributed by atoms with van der Waals surface area (Å²) >= 11 is 0. The van der Waals surface area contributed by atoms with E-state index in [4.69, 9.17) is 5.11 Å². The highest BCUT2D eigenvalue weighted by Gasteiger charge is 2.28. The Labute approximate surface area is 99.0 Å². The van der Waals surface area contributed by atoms with Crippen LogP contribution >= 0.6 is 0 Å². The summed E-state index contributed by atoms with van der Waals surface area (Å²) < 4.78 is 0. The highest BCUT2D eigenvalue weighted by molar-refractivity contribution is 5.80. The molecule has 0 spiro atoms. The summed E-state index contributed by atoms with van der Waals surface area (Å²) in [4.78, 5) is 12.9. The molecule has 84 valence electrons. The molecule has 0 saturated carbocycles. The van der Waals surface area contributed by atoms with Crippen LogP contribution in [0.5, 0.6) is 0 Å². The molecule has 1 aromatic rings. The number of carboxylic acid groups (broad SMARTS) is 1. The van der Waals surface area contributed by atoms with Crippen LogP contribution in [0.15, 0.2) is 48.3 Å². The monoisotopic (exact) mass is 225 g/mol. The lowest BCUT2D eigenvalue weighted by Gasteiger charge is -2.19. The zero-order valence-electron chi connectivity index (χ0n) is 9.08. The van der Waals surface area contributed by atoms with Crippen molar-refractivity contribution in [2.75, 3.05) is 0 Å². The summed E-state index contributed by atoms with van der Waals surface area (Å²) in [6.45, 7) is 0. The Hall–Kier alpha value is -2.29. The minimum atomic E-state index is -0.833. The van der Waals surface area contributed by atoms with Crippen molar-refractivity contribution in [1.82, 2.24) is 4.90 Å². The molecule has 0 fully saturated rings. The van der Waals surface area contributed by atoms with Crippen LogP contribution in [0.25, 0.3) is 12.2 Å². The van der Waals surface area contributed by atoms with E-state index in [1.54, 1.807) is 11.0 Å². The largest absolute Gasteiger partial charge is 0.479 e. The second kappa shape index (κ2) is 3.63. The number of rotatable bonds is 1. The Kier molecular flexibility index (Phi) is 2.11. The van der Waals surface area contributed by atoms with Crippen molar-refractivity contribution < 1.29 is 9.90 Å². The van der Waals surface area contributed by atoms with Gasteiger partial charge in [0, 0.05) is 11.9 Å². The van der Waals surface area contributed by atoms with Gasteiger partial charge in [-0.05, 0) is 35.4 Å². The molecule has 3 heteroatoms. The standard InChI is InChI=1S/C14H11NO2/c16-14(17)13-6-5-12-9-11-4-2-1-3-10(11)7-8-15(12)13/h1-9,13H,(H,16,17). The number of carboxylic acids is 1. The molecule has 0 aromatic heterocycles. The van der Waals surface area contributed by atoms with Crippen LogP contribution in [0.4, 0.5) is 0 Å². The zero-order valence-corrected chi connectivity index (χ0v) is 9.08. The summed E-state index contributed by atoms with van der Waals surface area (Å²) in [5.74, 6) is -0.833. The van der Waals surface area contributed by atoms with Gasteiger partial charge in [-0.1, -0.05) is 24.3 Å². The normalized spacial score (nSPS) is 20.6. The molecule has 2 heterocycles. The van der Waals surface area contributed by atoms with Gasteiger partial charge in [0.25, 0.3) is 0 Å². The maximum Gasteiger partial charge on any atom is 0.330 e. The van der Waals surface area contributed by atoms with E-state index in [1.165, 1.54) is 0 Å². The van der Waals surface area contributed by atoms with Crippen LogP contribution in [-0.4, -0.2) is 22.0 Å². The van der Waals surface area contributed by atoms with Crippen LogP contribution in [-0.2, 0) is 4.79 Å². The summed E-state index contributed by atoms with van der Waals surface area (Å²) in [6, 6.07) is 7.41. The van der Waals surface area contributed by atoms with Crippen molar-refractivity contribution >= 4 is 18.1 Å². The molecule has 0 radical (unpaired) electrons. The van der Waals surface area contributed by atoms with Gasteiger partial charge in [0.1, 0.15) is 6.04 Å². The van der Waals surface area contributed by atoms with Crippen molar-refractivity contribution in [1.29, 1.82) is 0 Å². The van der Waals surface area contributed by atoms with E-state index in [-0.39, 0.29) is 0 Å². The third kappa shape index (κ3) is 1.56. The molecule has 0 bridgehead atoms. The molecule has 0 amide bonds. The quantitative estimate of drug-likeness (QED) is 0.797. The lowest BCUT2D eigenvalue weighted by molar-refractivity contribution is -0.139. The maximum atomic E-state index is 11.1. The van der Waals surface area contributed by atoms with E-state index < -0.39 is 12.0 Å². The molecule has 3 rings (SSSR count). The predicted molar refractivity (Wildman–Crippen MR) is 65.9 cm³/mol. The molecular formula is C14H11NO2. The molecule has 0 aliphatic carbocycles. The molecule has 2 aliphatic rings. The fraction of sp³-hybridized carbons (Fsp3) is 0.0714. The topological polar surface area (TPSA) is 40.5 Å². The number of hydrogen-bond donors (Lipinski definition) is 1. The van der Waals surface area contributed by atoms with Crippen LogP contribution in [0.1, 0.15) is 11.1 Å². The van der Waals surface area contributed by atoms with Crippen molar-refractivity contribution in [3.8, 4) is 0 Å². The van der Waals surface area contributed by atoms with E-state index in [1.807, 2.05) is 48.7 Å². The second-order valence-electron chi connectivity index (χ2n) is 4.06. The van der Waals surface area contributed by atoms with E-state index in [9.17, 15) is 4.79 Å². The minimum Gasteiger partial charge on any atom is -0.479 e. The first-order valence-electron chi connectivity index (χ1n) is 5.44. The lowest BCUT2D eigenvalue weighted by Crippen LogP contribution is -2.30. The first-order chi connectivity index (χ1) is 8.25. The molecular weight excluding hydrogens is 214 g/mol. The predicted octanol–water partition coefficient (Wildman–Crippen LogP) is 2.34. The molecule has 1 atom stereocenters. The smallest absolute Gasteiger partial charge is 0.330 e. The number of benzene rings is 1. The Morgan fingerprint density at radius 1 is 1.18 bits per heavy atom. The number of hydrogen-bond acceptors (Lipinski definition) is 2. The third-order valence-electron chi connectivity index (χ3n) is 3.01. The third-order valence-corrected chi connectivity index (χ3v) is 3.01. The highest BCUT2D eigenvalue weighted by atomic mass is 16.4. The Morgan fingerprint density at radius 3 is 2.71 bits per heavy atom. The van der Waals surface area contributed by atoms with Crippen molar-refractivity contribution in [3.05, 3.63) is 59.4 Å². The van der Waals surface area contributed by atoms with Gasteiger partial charge < -0.3 is 10.0 Å². The zero-order chi connectivity index (χ0) is 11.8. The van der Waals surface area contributed by atoms with Gasteiger partial charge in [0.05, 0.1) is 0 Å².